The summed E-state index contributed by atoms with van der Waals surface area (Å²) in [5, 5.41) is 3.87. The lowest BCUT2D eigenvalue weighted by Crippen LogP contribution is -2.61. The van der Waals surface area contributed by atoms with Gasteiger partial charge < -0.3 is 15.1 Å². The highest BCUT2D eigenvalue weighted by atomic mass is 79.9. The van der Waals surface area contributed by atoms with Gasteiger partial charge in [-0.1, -0.05) is 22.0 Å². The number of alkyl halides is 1. The van der Waals surface area contributed by atoms with Crippen molar-refractivity contribution in [3.8, 4) is 0 Å². The van der Waals surface area contributed by atoms with Crippen LogP contribution in [0.5, 0.6) is 0 Å². The second kappa shape index (κ2) is 9.60. The minimum absolute atomic E-state index is 0.0230. The Labute approximate surface area is 191 Å². The van der Waals surface area contributed by atoms with E-state index in [1.165, 1.54) is 0 Å². The molecule has 2 amide bonds. The summed E-state index contributed by atoms with van der Waals surface area (Å²) in [6.45, 7) is 3.49. The third-order valence-electron chi connectivity index (χ3n) is 6.30. The number of hydrogen-bond acceptors (Lipinski definition) is 5. The standard InChI is InChI=1S/C21H28BrN5O2S/c22-15-6-7-17-16(14-15)20(29)27(21(30)24-17)9-3-5-19(28)26-12-10-25(11-13-26)18-4-1-2-8-23-18/h1-2,4,8,15-17H,3,5-7,9-14H2,(H,24,30). The molecule has 9 heteroatoms. The number of aromatic nitrogens is 1. The molecule has 3 aliphatic rings. The smallest absolute Gasteiger partial charge is 0.233 e. The lowest BCUT2D eigenvalue weighted by atomic mass is 9.82. The number of carbonyl (C=O) groups is 2. The van der Waals surface area contributed by atoms with E-state index in [4.69, 9.17) is 12.2 Å². The van der Waals surface area contributed by atoms with Crippen molar-refractivity contribution in [3.63, 3.8) is 0 Å². The summed E-state index contributed by atoms with van der Waals surface area (Å²) < 4.78 is 0. The minimum Gasteiger partial charge on any atom is -0.359 e. The molecule has 0 aromatic carbocycles. The lowest BCUT2D eigenvalue weighted by Gasteiger charge is -2.43. The maximum Gasteiger partial charge on any atom is 0.233 e. The average molecular weight is 494 g/mol. The first kappa shape index (κ1) is 21.5. The molecule has 3 heterocycles. The van der Waals surface area contributed by atoms with Crippen molar-refractivity contribution >= 4 is 50.9 Å². The normalized spacial score (nSPS) is 27.0. The molecule has 0 radical (unpaired) electrons. The van der Waals surface area contributed by atoms with Crippen LogP contribution in [0.1, 0.15) is 32.1 Å². The van der Waals surface area contributed by atoms with E-state index in [1.54, 1.807) is 11.1 Å². The highest BCUT2D eigenvalue weighted by Gasteiger charge is 2.42. The van der Waals surface area contributed by atoms with Crippen molar-refractivity contribution in [1.29, 1.82) is 0 Å². The fourth-order valence-electron chi connectivity index (χ4n) is 4.59. The fourth-order valence-corrected chi connectivity index (χ4v) is 5.59. The molecule has 0 spiro atoms. The molecule has 7 nitrogen and oxygen atoms in total. The number of piperazine rings is 1. The number of pyridine rings is 1. The molecule has 1 saturated carbocycles. The molecule has 0 bridgehead atoms. The Kier molecular flexibility index (Phi) is 6.87. The number of amides is 2. The van der Waals surface area contributed by atoms with Gasteiger partial charge in [-0.3, -0.25) is 14.5 Å². The SMILES string of the molecule is O=C(CCCN1C(=O)C2CC(Br)CCC2NC1=S)N1CCN(c2ccccn2)CC1. The van der Waals surface area contributed by atoms with Crippen LogP contribution in [-0.2, 0) is 9.59 Å². The van der Waals surface area contributed by atoms with Gasteiger partial charge >= 0.3 is 0 Å². The molecule has 3 fully saturated rings. The Morgan fingerprint density at radius 2 is 2.03 bits per heavy atom. The summed E-state index contributed by atoms with van der Waals surface area (Å²) in [4.78, 5) is 36.2. The van der Waals surface area contributed by atoms with E-state index in [2.05, 4.69) is 31.1 Å². The van der Waals surface area contributed by atoms with Crippen LogP contribution in [0.2, 0.25) is 0 Å². The van der Waals surface area contributed by atoms with E-state index in [1.807, 2.05) is 23.1 Å². The molecule has 4 rings (SSSR count). The van der Waals surface area contributed by atoms with Crippen LogP contribution in [0.25, 0.3) is 0 Å². The number of fused-ring (bicyclic) bond motifs is 1. The molecule has 2 saturated heterocycles. The number of hydrogen-bond donors (Lipinski definition) is 1. The monoisotopic (exact) mass is 493 g/mol. The number of rotatable bonds is 5. The number of carbonyl (C=O) groups excluding carboxylic acids is 2. The van der Waals surface area contributed by atoms with Gasteiger partial charge in [0, 0.05) is 56.2 Å². The van der Waals surface area contributed by atoms with Gasteiger partial charge in [0.1, 0.15) is 5.82 Å². The molecule has 3 atom stereocenters. The summed E-state index contributed by atoms with van der Waals surface area (Å²) in [5.41, 5.74) is 0. The quantitative estimate of drug-likeness (QED) is 0.500. The zero-order valence-electron chi connectivity index (χ0n) is 17.0. The number of thiocarbonyl (C=S) groups is 1. The third kappa shape index (κ3) is 4.77. The van der Waals surface area contributed by atoms with Gasteiger partial charge in [0.15, 0.2) is 5.11 Å². The summed E-state index contributed by atoms with van der Waals surface area (Å²) in [6, 6.07) is 6.05. The molecule has 1 N–H and O–H groups in total. The van der Waals surface area contributed by atoms with E-state index in [-0.39, 0.29) is 23.8 Å². The summed E-state index contributed by atoms with van der Waals surface area (Å²) in [7, 11) is 0. The average Bonchev–Trinajstić information content (AvgIpc) is 2.77. The Morgan fingerprint density at radius 1 is 1.23 bits per heavy atom. The minimum atomic E-state index is -0.0230. The Bertz CT molecular complexity index is 787. The number of nitrogens with one attached hydrogen (secondary N) is 1. The number of nitrogens with zero attached hydrogens (tertiary/aromatic N) is 4. The second-order valence-electron chi connectivity index (χ2n) is 8.22. The zero-order valence-corrected chi connectivity index (χ0v) is 19.4. The molecular weight excluding hydrogens is 466 g/mol. The molecule has 3 unspecified atom stereocenters. The van der Waals surface area contributed by atoms with Gasteiger partial charge in [-0.15, -0.1) is 0 Å². The lowest BCUT2D eigenvalue weighted by molar-refractivity contribution is -0.136. The first-order chi connectivity index (χ1) is 14.5. The van der Waals surface area contributed by atoms with Crippen molar-refractivity contribution in [2.45, 2.75) is 43.0 Å². The van der Waals surface area contributed by atoms with Gasteiger partial charge in [0.05, 0.1) is 5.92 Å². The van der Waals surface area contributed by atoms with Crippen LogP contribution >= 0.6 is 28.1 Å². The van der Waals surface area contributed by atoms with Gasteiger partial charge in [0.25, 0.3) is 0 Å². The Balaban J connectivity index is 1.23. The largest absolute Gasteiger partial charge is 0.359 e. The topological polar surface area (TPSA) is 68.8 Å². The summed E-state index contributed by atoms with van der Waals surface area (Å²) in [6.07, 6.45) is 5.72. The van der Waals surface area contributed by atoms with E-state index >= 15 is 0 Å². The summed E-state index contributed by atoms with van der Waals surface area (Å²) >= 11 is 9.10. The van der Waals surface area contributed by atoms with Crippen molar-refractivity contribution in [2.75, 3.05) is 37.6 Å². The third-order valence-corrected chi connectivity index (χ3v) is 7.47. The van der Waals surface area contributed by atoms with Crippen LogP contribution in [0.3, 0.4) is 0 Å². The molecule has 2 aliphatic heterocycles. The van der Waals surface area contributed by atoms with Crippen LogP contribution in [0, 0.1) is 5.92 Å². The maximum atomic E-state index is 12.9. The van der Waals surface area contributed by atoms with Gasteiger partial charge in [-0.2, -0.15) is 0 Å². The molecule has 1 aromatic heterocycles. The van der Waals surface area contributed by atoms with E-state index < -0.39 is 0 Å². The van der Waals surface area contributed by atoms with Crippen molar-refractivity contribution < 1.29 is 9.59 Å². The van der Waals surface area contributed by atoms with Gasteiger partial charge in [0.2, 0.25) is 11.8 Å². The second-order valence-corrected chi connectivity index (χ2v) is 9.90. The van der Waals surface area contributed by atoms with Crippen molar-refractivity contribution in [2.24, 2.45) is 5.92 Å². The Morgan fingerprint density at radius 3 is 2.77 bits per heavy atom. The van der Waals surface area contributed by atoms with Gasteiger partial charge in [-0.05, 0) is 50.0 Å². The first-order valence-electron chi connectivity index (χ1n) is 10.7. The highest BCUT2D eigenvalue weighted by molar-refractivity contribution is 9.09. The Hall–Kier alpha value is -1.74. The molecule has 162 valence electrons. The summed E-state index contributed by atoms with van der Waals surface area (Å²) in [5.74, 6) is 1.20. The molecule has 30 heavy (non-hydrogen) atoms. The molecule has 1 aromatic rings. The predicted octanol–water partition coefficient (Wildman–Crippen LogP) is 2.16. The van der Waals surface area contributed by atoms with E-state index in [0.717, 1.165) is 38.2 Å². The highest BCUT2D eigenvalue weighted by Crippen LogP contribution is 2.33. The van der Waals surface area contributed by atoms with Crippen LogP contribution in [0.4, 0.5) is 5.82 Å². The number of halogens is 1. The van der Waals surface area contributed by atoms with Crippen LogP contribution in [-0.4, -0.2) is 75.3 Å². The van der Waals surface area contributed by atoms with Crippen LogP contribution < -0.4 is 10.2 Å². The van der Waals surface area contributed by atoms with Gasteiger partial charge in [-0.25, -0.2) is 4.98 Å². The van der Waals surface area contributed by atoms with Crippen LogP contribution in [0.15, 0.2) is 24.4 Å². The van der Waals surface area contributed by atoms with Crippen molar-refractivity contribution in [3.05, 3.63) is 24.4 Å². The van der Waals surface area contributed by atoms with E-state index in [0.29, 0.717) is 42.4 Å². The maximum absolute atomic E-state index is 12.9. The molecular formula is C21H28BrN5O2S. The fraction of sp³-hybridized carbons (Fsp3) is 0.619. The first-order valence-corrected chi connectivity index (χ1v) is 12.0. The zero-order chi connectivity index (χ0) is 21.1. The van der Waals surface area contributed by atoms with Crippen molar-refractivity contribution in [1.82, 2.24) is 20.1 Å². The molecule has 1 aliphatic carbocycles. The predicted molar refractivity (Wildman–Crippen MR) is 124 cm³/mol. The number of anilines is 1. The van der Waals surface area contributed by atoms with E-state index in [9.17, 15) is 9.59 Å².